The van der Waals surface area contributed by atoms with Crippen LogP contribution in [0.1, 0.15) is 42.2 Å². The van der Waals surface area contributed by atoms with Gasteiger partial charge in [-0.1, -0.05) is 18.2 Å². The number of hydrogen-bond acceptors (Lipinski definition) is 2. The van der Waals surface area contributed by atoms with Crippen molar-refractivity contribution in [1.82, 2.24) is 5.32 Å². The van der Waals surface area contributed by atoms with Crippen LogP contribution in [0.15, 0.2) is 52.3 Å². The van der Waals surface area contributed by atoms with Gasteiger partial charge in [-0.3, -0.25) is 4.79 Å². The Morgan fingerprint density at radius 2 is 2.16 bits per heavy atom. The second-order valence-electron chi connectivity index (χ2n) is 5.25. The van der Waals surface area contributed by atoms with Crippen LogP contribution >= 0.6 is 0 Å². The molecule has 3 rings (SSSR count). The monoisotopic (exact) mass is 356 g/mol. The normalized spacial score (nSPS) is 26.0. The maximum absolute atomic E-state index is 12.9. The number of benzene rings is 1. The van der Waals surface area contributed by atoms with Crippen LogP contribution in [0.5, 0.6) is 0 Å². The molecule has 0 fully saturated rings. The molecule has 0 radical (unpaired) electrons. The van der Waals surface area contributed by atoms with Crippen molar-refractivity contribution in [2.45, 2.75) is 32.8 Å². The van der Waals surface area contributed by atoms with Crippen LogP contribution in [-0.4, -0.2) is 22.5 Å². The number of aliphatic imine (C=N–C) groups is 1. The Kier molecular flexibility index (Phi) is 2.45. The minimum absolute atomic E-state index is 0.256. The lowest BCUT2D eigenvalue weighted by Gasteiger charge is -2.10. The zero-order valence-corrected chi connectivity index (χ0v) is 12.6. The first-order valence-electron chi connectivity index (χ1n) is 11.1. The number of carbonyl (C=O) groups is 1. The number of halogens is 3. The first kappa shape index (κ1) is 9.70. The van der Waals surface area contributed by atoms with Gasteiger partial charge in [0.25, 0.3) is 5.91 Å². The smallest absolute Gasteiger partial charge is 0.345 e. The Hall–Kier alpha value is -2.70. The van der Waals surface area contributed by atoms with Gasteiger partial charge in [0, 0.05) is 23.0 Å². The summed E-state index contributed by atoms with van der Waals surface area (Å²) in [6.45, 7) is -5.96. The van der Waals surface area contributed by atoms with Crippen molar-refractivity contribution in [2.24, 2.45) is 4.99 Å². The predicted molar refractivity (Wildman–Crippen MR) is 88.1 cm³/mol. The number of carbonyl (C=O) groups excluding carboxylic acids is 1. The van der Waals surface area contributed by atoms with Crippen LogP contribution < -0.4 is 5.32 Å². The number of rotatable bonds is 3. The van der Waals surface area contributed by atoms with Crippen molar-refractivity contribution >= 4 is 18.0 Å². The van der Waals surface area contributed by atoms with Gasteiger partial charge in [-0.05, 0) is 35.1 Å². The van der Waals surface area contributed by atoms with E-state index in [-0.39, 0.29) is 12.4 Å². The molecule has 1 unspecified atom stereocenters. The van der Waals surface area contributed by atoms with Gasteiger partial charge in [0.1, 0.15) is 0 Å². The molecule has 2 aliphatic rings. The van der Waals surface area contributed by atoms with Crippen LogP contribution in [0.2, 0.25) is 0 Å². The Bertz CT molecular complexity index is 1110. The molecule has 2 heterocycles. The highest BCUT2D eigenvalue weighted by atomic mass is 19.4. The average Bonchev–Trinajstić information content (AvgIpc) is 3.08. The molecule has 4 nitrogen and oxygen atoms in total. The van der Waals surface area contributed by atoms with E-state index < -0.39 is 60.8 Å². The maximum atomic E-state index is 12.9. The molecule has 0 saturated carbocycles. The summed E-state index contributed by atoms with van der Waals surface area (Å²) < 4.78 is 101. The summed E-state index contributed by atoms with van der Waals surface area (Å²) in [6, 6.07) is 3.36. The number of amides is 1. The van der Waals surface area contributed by atoms with E-state index >= 15 is 0 Å². The number of hydrogen-bond donors (Lipinski definition) is 1. The van der Waals surface area contributed by atoms with E-state index in [9.17, 15) is 18.0 Å². The summed E-state index contributed by atoms with van der Waals surface area (Å²) in [5, 5.41) is 2.39. The Morgan fingerprint density at radius 1 is 1.40 bits per heavy atom. The van der Waals surface area contributed by atoms with Crippen LogP contribution in [0.4, 0.5) is 13.2 Å². The third-order valence-electron chi connectivity index (χ3n) is 3.50. The van der Waals surface area contributed by atoms with Gasteiger partial charge >= 0.3 is 12.0 Å². The number of alkyl halides is 3. The fourth-order valence-electron chi connectivity index (χ4n) is 2.29. The quantitative estimate of drug-likeness (QED) is 0.829. The Morgan fingerprint density at radius 3 is 2.80 bits per heavy atom. The van der Waals surface area contributed by atoms with Gasteiger partial charge in [-0.25, -0.2) is 0 Å². The van der Waals surface area contributed by atoms with Gasteiger partial charge < -0.3 is 5.32 Å². The molecule has 0 saturated heterocycles. The topological polar surface area (TPSA) is 44.5 Å². The first-order chi connectivity index (χ1) is 15.0. The zero-order valence-electron chi connectivity index (χ0n) is 20.6. The highest BCUT2D eigenvalue weighted by Gasteiger charge is 2.36. The Balaban J connectivity index is 1.94. The van der Waals surface area contributed by atoms with E-state index in [1.165, 1.54) is 0 Å². The average molecular weight is 356 g/mol. The van der Waals surface area contributed by atoms with E-state index in [4.69, 9.17) is 11.0 Å². The van der Waals surface area contributed by atoms with Crippen molar-refractivity contribution in [3.05, 3.63) is 58.4 Å². The molecule has 0 aliphatic carbocycles. The second-order valence-corrected chi connectivity index (χ2v) is 5.25. The number of nitrogens with zero attached hydrogens (tertiary/aromatic N) is 2. The van der Waals surface area contributed by atoms with Crippen molar-refractivity contribution in [1.29, 1.82) is 0 Å². The largest absolute Gasteiger partial charge is 0.416 e. The summed E-state index contributed by atoms with van der Waals surface area (Å²) >= 11 is 0. The zero-order chi connectivity index (χ0) is 24.9. The molecular weight excluding hydrogens is 331 g/mol. The SMILES string of the molecule is [2H]C1=C(C([2H])([2H])[2H])C=[N+]2C(=NC(C([2H])([2H])[2H])=C2C(=O)NCc2ccc(C(F)(F)F)cc2)C1[2H]. The van der Waals surface area contributed by atoms with Crippen LogP contribution in [0, 0.1) is 0 Å². The third-order valence-corrected chi connectivity index (χ3v) is 3.50. The van der Waals surface area contributed by atoms with Gasteiger partial charge in [0.15, 0.2) is 0 Å². The molecule has 1 amide bonds. The minimum Gasteiger partial charge on any atom is -0.345 e. The lowest BCUT2D eigenvalue weighted by molar-refractivity contribution is -0.337. The van der Waals surface area contributed by atoms with Crippen molar-refractivity contribution < 1.29 is 33.5 Å². The minimum atomic E-state index is -4.53. The summed E-state index contributed by atoms with van der Waals surface area (Å²) in [6.07, 6.45) is -5.27. The van der Waals surface area contributed by atoms with Crippen molar-refractivity contribution in [3.63, 3.8) is 0 Å². The van der Waals surface area contributed by atoms with E-state index in [1.807, 2.05) is 0 Å². The Labute approximate surface area is 154 Å². The molecule has 1 N–H and O–H groups in total. The number of fused-ring (bicyclic) bond motifs is 1. The molecule has 1 aromatic rings. The molecule has 0 aromatic heterocycles. The lowest BCUT2D eigenvalue weighted by Crippen LogP contribution is -2.32. The fourth-order valence-corrected chi connectivity index (χ4v) is 2.29. The molecule has 1 atom stereocenters. The number of allylic oxidation sites excluding steroid dienone is 2. The molecule has 1 aromatic carbocycles. The maximum Gasteiger partial charge on any atom is 0.416 e. The van der Waals surface area contributed by atoms with Gasteiger partial charge in [-0.2, -0.15) is 17.7 Å². The standard InChI is InChI=1S/C18H16F3N3O/c1-11-3-8-15-23-12(2)16(24(15)10-11)17(25)22-9-13-4-6-14(7-5-13)18(19,20)21/h3-7,10H,8-9H2,1-2H3/p+1/i1D3,2D3,3D,8D. The van der Waals surface area contributed by atoms with Crippen molar-refractivity contribution in [3.8, 4) is 0 Å². The highest BCUT2D eigenvalue weighted by molar-refractivity contribution is 6.00. The van der Waals surface area contributed by atoms with Crippen molar-refractivity contribution in [2.75, 3.05) is 0 Å². The molecule has 130 valence electrons. The highest BCUT2D eigenvalue weighted by Crippen LogP contribution is 2.29. The predicted octanol–water partition coefficient (Wildman–Crippen LogP) is 3.40. The fraction of sp³-hybridized carbons (Fsp3) is 0.278. The molecule has 25 heavy (non-hydrogen) atoms. The first-order valence-corrected chi connectivity index (χ1v) is 7.07. The number of nitrogens with one attached hydrogen (secondary N) is 1. The molecule has 0 bridgehead atoms. The second kappa shape index (κ2) is 6.31. The lowest BCUT2D eigenvalue weighted by atomic mass is 10.1. The summed E-state index contributed by atoms with van der Waals surface area (Å²) in [7, 11) is 0. The third kappa shape index (κ3) is 3.55. The van der Waals surface area contributed by atoms with E-state index in [0.717, 1.165) is 35.1 Å². The van der Waals surface area contributed by atoms with E-state index in [1.54, 1.807) is 0 Å². The molecule has 0 spiro atoms. The van der Waals surface area contributed by atoms with E-state index in [2.05, 4.69) is 10.3 Å². The van der Waals surface area contributed by atoms with Gasteiger partial charge in [-0.15, -0.1) is 0 Å². The van der Waals surface area contributed by atoms with Crippen LogP contribution in [0.25, 0.3) is 0 Å². The van der Waals surface area contributed by atoms with Crippen LogP contribution in [-0.2, 0) is 17.5 Å². The summed E-state index contributed by atoms with van der Waals surface area (Å²) in [4.78, 5) is 16.7. The van der Waals surface area contributed by atoms with Crippen LogP contribution in [0.3, 0.4) is 0 Å². The summed E-state index contributed by atoms with van der Waals surface area (Å²) in [5.74, 6) is -1.29. The van der Waals surface area contributed by atoms with Gasteiger partial charge in [0.05, 0.1) is 19.5 Å². The van der Waals surface area contributed by atoms with Gasteiger partial charge in [0.2, 0.25) is 11.4 Å². The summed E-state index contributed by atoms with van der Waals surface area (Å²) in [5.41, 5.74) is -2.34. The van der Waals surface area contributed by atoms with E-state index in [0.29, 0.717) is 5.56 Å². The molecule has 2 aliphatic heterocycles. The number of amidine groups is 1. The molecular formula is C18H17F3N3O+. The molecule has 7 heteroatoms.